The summed E-state index contributed by atoms with van der Waals surface area (Å²) in [5.41, 5.74) is 3.33. The first-order chi connectivity index (χ1) is 8.50. The van der Waals surface area contributed by atoms with Crippen molar-refractivity contribution >= 4 is 15.9 Å². The Kier molecular flexibility index (Phi) is 3.83. The quantitative estimate of drug-likeness (QED) is 0.877. The number of benzene rings is 2. The summed E-state index contributed by atoms with van der Waals surface area (Å²) in [6, 6.07) is 10.2. The summed E-state index contributed by atoms with van der Waals surface area (Å²) in [7, 11) is 0. The Morgan fingerprint density at radius 3 is 2.44 bits per heavy atom. The Bertz CT molecular complexity index is 581. The van der Waals surface area contributed by atoms with Crippen LogP contribution in [-0.4, -0.2) is 5.11 Å². The number of hydrogen-bond donors (Lipinski definition) is 1. The predicted octanol–water partition coefficient (Wildman–Crippen LogP) is 4.29. The molecule has 0 spiro atoms. The van der Waals surface area contributed by atoms with Crippen LogP contribution in [0.4, 0.5) is 4.39 Å². The fraction of sp³-hybridized carbons (Fsp3) is 0.200. The van der Waals surface area contributed by atoms with Crippen LogP contribution in [0, 0.1) is 19.7 Å². The van der Waals surface area contributed by atoms with Crippen molar-refractivity contribution in [2.45, 2.75) is 20.0 Å². The van der Waals surface area contributed by atoms with E-state index in [1.807, 2.05) is 25.1 Å². The van der Waals surface area contributed by atoms with Crippen molar-refractivity contribution in [3.8, 4) is 0 Å². The molecule has 0 amide bonds. The molecular formula is C15H14BrFO. The number of aryl methyl sites for hydroxylation is 2. The molecule has 0 aliphatic heterocycles. The first-order valence-electron chi connectivity index (χ1n) is 5.70. The van der Waals surface area contributed by atoms with Gasteiger partial charge in [-0.05, 0) is 48.2 Å². The van der Waals surface area contributed by atoms with Crippen LogP contribution < -0.4 is 0 Å². The summed E-state index contributed by atoms with van der Waals surface area (Å²) >= 11 is 3.48. The molecule has 0 aliphatic rings. The highest BCUT2D eigenvalue weighted by molar-refractivity contribution is 9.10. The summed E-state index contributed by atoms with van der Waals surface area (Å²) in [5, 5.41) is 10.4. The lowest BCUT2D eigenvalue weighted by Gasteiger charge is -2.16. The van der Waals surface area contributed by atoms with Gasteiger partial charge in [-0.2, -0.15) is 0 Å². The Labute approximate surface area is 114 Å². The van der Waals surface area contributed by atoms with E-state index in [2.05, 4.69) is 15.9 Å². The molecule has 2 aromatic carbocycles. The zero-order valence-electron chi connectivity index (χ0n) is 10.2. The van der Waals surface area contributed by atoms with E-state index in [-0.39, 0.29) is 5.82 Å². The van der Waals surface area contributed by atoms with Crippen molar-refractivity contribution in [2.75, 3.05) is 0 Å². The first kappa shape index (κ1) is 13.2. The van der Waals surface area contributed by atoms with Crippen molar-refractivity contribution in [3.05, 3.63) is 68.9 Å². The highest BCUT2D eigenvalue weighted by Crippen LogP contribution is 2.32. The van der Waals surface area contributed by atoms with Gasteiger partial charge >= 0.3 is 0 Å². The standard InChI is InChI=1S/C15H14BrFO/c1-9-4-3-5-13(14(9)16)15(18)12-7-6-11(17)8-10(12)2/h3-8,15,18H,1-2H3. The molecule has 0 fully saturated rings. The topological polar surface area (TPSA) is 20.2 Å². The van der Waals surface area contributed by atoms with Gasteiger partial charge in [0.15, 0.2) is 0 Å². The Balaban J connectivity index is 2.48. The van der Waals surface area contributed by atoms with Crippen LogP contribution in [-0.2, 0) is 0 Å². The minimum Gasteiger partial charge on any atom is -0.384 e. The second kappa shape index (κ2) is 5.21. The van der Waals surface area contributed by atoms with Crippen LogP contribution in [0.25, 0.3) is 0 Å². The zero-order valence-corrected chi connectivity index (χ0v) is 11.8. The van der Waals surface area contributed by atoms with E-state index in [1.54, 1.807) is 13.0 Å². The highest BCUT2D eigenvalue weighted by Gasteiger charge is 2.16. The molecule has 0 aromatic heterocycles. The number of hydrogen-bond acceptors (Lipinski definition) is 1. The molecule has 0 radical (unpaired) electrons. The van der Waals surface area contributed by atoms with Crippen LogP contribution >= 0.6 is 15.9 Å². The average molecular weight is 309 g/mol. The van der Waals surface area contributed by atoms with Crippen LogP contribution in [0.2, 0.25) is 0 Å². The van der Waals surface area contributed by atoms with Gasteiger partial charge < -0.3 is 5.11 Å². The van der Waals surface area contributed by atoms with E-state index in [9.17, 15) is 9.50 Å². The van der Waals surface area contributed by atoms with Crippen molar-refractivity contribution in [1.29, 1.82) is 0 Å². The Hall–Kier alpha value is -1.19. The number of rotatable bonds is 2. The van der Waals surface area contributed by atoms with Crippen LogP contribution in [0.3, 0.4) is 0 Å². The van der Waals surface area contributed by atoms with Gasteiger partial charge in [0.25, 0.3) is 0 Å². The molecule has 1 nitrogen and oxygen atoms in total. The third kappa shape index (κ3) is 2.47. The fourth-order valence-corrected chi connectivity index (χ4v) is 2.48. The molecule has 0 heterocycles. The van der Waals surface area contributed by atoms with Gasteiger partial charge in [-0.1, -0.05) is 40.2 Å². The normalized spacial score (nSPS) is 12.5. The fourth-order valence-electron chi connectivity index (χ4n) is 1.99. The molecule has 2 aromatic rings. The molecule has 0 saturated carbocycles. The third-order valence-electron chi connectivity index (χ3n) is 3.04. The van der Waals surface area contributed by atoms with Gasteiger partial charge in [0.05, 0.1) is 0 Å². The van der Waals surface area contributed by atoms with E-state index in [4.69, 9.17) is 0 Å². The van der Waals surface area contributed by atoms with Gasteiger partial charge in [0.1, 0.15) is 11.9 Å². The molecule has 1 atom stereocenters. The summed E-state index contributed by atoms with van der Waals surface area (Å²) in [6.07, 6.45) is -0.750. The molecule has 0 saturated heterocycles. The maximum Gasteiger partial charge on any atom is 0.123 e. The lowest BCUT2D eigenvalue weighted by molar-refractivity contribution is 0.218. The minimum atomic E-state index is -0.750. The van der Waals surface area contributed by atoms with Gasteiger partial charge in [-0.25, -0.2) is 4.39 Å². The zero-order chi connectivity index (χ0) is 13.3. The minimum absolute atomic E-state index is 0.285. The molecule has 0 bridgehead atoms. The van der Waals surface area contributed by atoms with Gasteiger partial charge in [0, 0.05) is 4.47 Å². The van der Waals surface area contributed by atoms with Crippen molar-refractivity contribution in [2.24, 2.45) is 0 Å². The summed E-state index contributed by atoms with van der Waals surface area (Å²) < 4.78 is 14.0. The van der Waals surface area contributed by atoms with Crippen LogP contribution in [0.5, 0.6) is 0 Å². The molecule has 94 valence electrons. The summed E-state index contributed by atoms with van der Waals surface area (Å²) in [4.78, 5) is 0. The van der Waals surface area contributed by atoms with Crippen LogP contribution in [0.1, 0.15) is 28.4 Å². The second-order valence-corrected chi connectivity index (χ2v) is 5.17. The van der Waals surface area contributed by atoms with E-state index >= 15 is 0 Å². The smallest absolute Gasteiger partial charge is 0.123 e. The first-order valence-corrected chi connectivity index (χ1v) is 6.49. The monoisotopic (exact) mass is 308 g/mol. The molecule has 2 rings (SSSR count). The maximum atomic E-state index is 13.1. The van der Waals surface area contributed by atoms with E-state index < -0.39 is 6.10 Å². The Morgan fingerprint density at radius 2 is 1.78 bits per heavy atom. The van der Waals surface area contributed by atoms with E-state index in [1.165, 1.54) is 12.1 Å². The summed E-state index contributed by atoms with van der Waals surface area (Å²) in [5.74, 6) is -0.285. The SMILES string of the molecule is Cc1cc(F)ccc1C(O)c1cccc(C)c1Br. The van der Waals surface area contributed by atoms with Crippen LogP contribution in [0.15, 0.2) is 40.9 Å². The van der Waals surface area contributed by atoms with E-state index in [0.29, 0.717) is 0 Å². The molecule has 1 unspecified atom stereocenters. The molecular weight excluding hydrogens is 295 g/mol. The molecule has 1 N–H and O–H groups in total. The average Bonchev–Trinajstić information content (AvgIpc) is 2.32. The number of aliphatic hydroxyl groups excluding tert-OH is 1. The second-order valence-electron chi connectivity index (χ2n) is 4.38. The Morgan fingerprint density at radius 1 is 1.06 bits per heavy atom. The van der Waals surface area contributed by atoms with Crippen molar-refractivity contribution < 1.29 is 9.50 Å². The molecule has 18 heavy (non-hydrogen) atoms. The van der Waals surface area contributed by atoms with Gasteiger partial charge in [-0.3, -0.25) is 0 Å². The van der Waals surface area contributed by atoms with Gasteiger partial charge in [0.2, 0.25) is 0 Å². The largest absolute Gasteiger partial charge is 0.384 e. The highest BCUT2D eigenvalue weighted by atomic mass is 79.9. The number of halogens is 2. The molecule has 3 heteroatoms. The van der Waals surface area contributed by atoms with Crippen molar-refractivity contribution in [1.82, 2.24) is 0 Å². The van der Waals surface area contributed by atoms with Gasteiger partial charge in [-0.15, -0.1) is 0 Å². The number of aliphatic hydroxyl groups is 1. The van der Waals surface area contributed by atoms with Crippen molar-refractivity contribution in [3.63, 3.8) is 0 Å². The predicted molar refractivity (Wildman–Crippen MR) is 74.1 cm³/mol. The molecule has 0 aliphatic carbocycles. The van der Waals surface area contributed by atoms with E-state index in [0.717, 1.165) is 26.7 Å². The lowest BCUT2D eigenvalue weighted by Crippen LogP contribution is -2.04. The lowest BCUT2D eigenvalue weighted by atomic mass is 9.96. The maximum absolute atomic E-state index is 13.1. The third-order valence-corrected chi connectivity index (χ3v) is 4.13. The summed E-state index contributed by atoms with van der Waals surface area (Å²) in [6.45, 7) is 3.77.